The summed E-state index contributed by atoms with van der Waals surface area (Å²) < 4.78 is 53.5. The molecule has 0 heterocycles. The molecule has 0 radical (unpaired) electrons. The van der Waals surface area contributed by atoms with Crippen LogP contribution in [-0.2, 0) is 20.0 Å². The van der Waals surface area contributed by atoms with E-state index in [-0.39, 0.29) is 15.4 Å². The van der Waals surface area contributed by atoms with Crippen molar-refractivity contribution in [3.05, 3.63) is 53.6 Å². The van der Waals surface area contributed by atoms with Crippen LogP contribution < -0.4 is 5.32 Å². The highest BCUT2D eigenvalue weighted by Crippen LogP contribution is 2.24. The molecule has 8 nitrogen and oxygen atoms in total. The molecule has 1 amide bonds. The summed E-state index contributed by atoms with van der Waals surface area (Å²) in [5.74, 6) is -0.461. The van der Waals surface area contributed by atoms with Crippen LogP contribution in [0.1, 0.15) is 43.6 Å². The smallest absolute Gasteiger partial charge is 0.255 e. The fourth-order valence-electron chi connectivity index (χ4n) is 3.29. The van der Waals surface area contributed by atoms with Gasteiger partial charge in [-0.1, -0.05) is 33.8 Å². The Hall–Kier alpha value is -2.27. The molecule has 176 valence electrons. The molecule has 2 aromatic carbocycles. The van der Waals surface area contributed by atoms with Gasteiger partial charge in [0.05, 0.1) is 9.79 Å². The first-order valence-electron chi connectivity index (χ1n) is 10.5. The molecule has 2 aromatic rings. The molecular formula is C22H31N3O5S2. The number of sulfonamides is 2. The molecule has 0 bridgehead atoms. The third kappa shape index (κ3) is 5.37. The normalized spacial score (nSPS) is 12.3. The van der Waals surface area contributed by atoms with Crippen LogP contribution >= 0.6 is 0 Å². The topological polar surface area (TPSA) is 104 Å². The summed E-state index contributed by atoms with van der Waals surface area (Å²) in [4.78, 5) is 13.0. The number of benzene rings is 2. The van der Waals surface area contributed by atoms with E-state index in [9.17, 15) is 21.6 Å². The number of amides is 1. The maximum Gasteiger partial charge on any atom is 0.255 e. The summed E-state index contributed by atoms with van der Waals surface area (Å²) in [6, 6.07) is 10.3. The van der Waals surface area contributed by atoms with Crippen molar-refractivity contribution in [2.24, 2.45) is 0 Å². The first kappa shape index (κ1) is 26.0. The SMILES string of the molecule is CCN(CC)S(=O)(=O)c1ccc(C(=O)Nc2cc(S(=O)(=O)N(CC)CC)ccc2C)cc1. The van der Waals surface area contributed by atoms with Crippen LogP contribution in [0.3, 0.4) is 0 Å². The average molecular weight is 482 g/mol. The van der Waals surface area contributed by atoms with Crippen molar-refractivity contribution in [3.63, 3.8) is 0 Å². The van der Waals surface area contributed by atoms with Gasteiger partial charge < -0.3 is 5.32 Å². The van der Waals surface area contributed by atoms with Gasteiger partial charge in [0.15, 0.2) is 0 Å². The van der Waals surface area contributed by atoms with E-state index in [0.717, 1.165) is 0 Å². The van der Waals surface area contributed by atoms with Crippen molar-refractivity contribution in [2.45, 2.75) is 44.4 Å². The summed E-state index contributed by atoms with van der Waals surface area (Å²) >= 11 is 0. The van der Waals surface area contributed by atoms with Gasteiger partial charge in [-0.2, -0.15) is 8.61 Å². The van der Waals surface area contributed by atoms with Crippen molar-refractivity contribution in [3.8, 4) is 0 Å². The highest BCUT2D eigenvalue weighted by molar-refractivity contribution is 7.89. The largest absolute Gasteiger partial charge is 0.322 e. The lowest BCUT2D eigenvalue weighted by Crippen LogP contribution is -2.30. The number of aryl methyl sites for hydroxylation is 1. The minimum absolute atomic E-state index is 0.0998. The van der Waals surface area contributed by atoms with Crippen LogP contribution in [0.2, 0.25) is 0 Å². The Morgan fingerprint density at radius 1 is 0.750 bits per heavy atom. The second-order valence-electron chi connectivity index (χ2n) is 7.13. The maximum atomic E-state index is 12.8. The number of rotatable bonds is 10. The molecule has 0 aromatic heterocycles. The van der Waals surface area contributed by atoms with Gasteiger partial charge in [0, 0.05) is 37.4 Å². The van der Waals surface area contributed by atoms with Gasteiger partial charge in [0.1, 0.15) is 0 Å². The van der Waals surface area contributed by atoms with E-state index in [4.69, 9.17) is 0 Å². The Labute approximate surface area is 191 Å². The van der Waals surface area contributed by atoms with Gasteiger partial charge in [-0.15, -0.1) is 0 Å². The summed E-state index contributed by atoms with van der Waals surface area (Å²) in [5.41, 5.74) is 1.35. The number of carbonyl (C=O) groups is 1. The first-order chi connectivity index (χ1) is 15.0. The quantitative estimate of drug-likeness (QED) is 0.561. The van der Waals surface area contributed by atoms with Gasteiger partial charge in [-0.3, -0.25) is 4.79 Å². The summed E-state index contributed by atoms with van der Waals surface area (Å²) in [7, 11) is -7.28. The molecule has 1 N–H and O–H groups in total. The monoisotopic (exact) mass is 481 g/mol. The van der Waals surface area contributed by atoms with Gasteiger partial charge in [0.25, 0.3) is 5.91 Å². The third-order valence-electron chi connectivity index (χ3n) is 5.26. The zero-order valence-corrected chi connectivity index (χ0v) is 20.8. The third-order valence-corrected chi connectivity index (χ3v) is 9.37. The van der Waals surface area contributed by atoms with Crippen molar-refractivity contribution in [2.75, 3.05) is 31.5 Å². The highest BCUT2D eigenvalue weighted by atomic mass is 32.2. The molecule has 0 fully saturated rings. The Balaban J connectivity index is 2.30. The summed E-state index contributed by atoms with van der Waals surface area (Å²) in [5, 5.41) is 2.74. The van der Waals surface area contributed by atoms with E-state index in [1.54, 1.807) is 40.7 Å². The van der Waals surface area contributed by atoms with E-state index in [0.29, 0.717) is 37.4 Å². The van der Waals surface area contributed by atoms with E-state index in [2.05, 4.69) is 5.32 Å². The molecular weight excluding hydrogens is 450 g/mol. The minimum Gasteiger partial charge on any atom is -0.322 e. The summed E-state index contributed by atoms with van der Waals surface area (Å²) in [6.07, 6.45) is 0. The molecule has 0 atom stereocenters. The molecule has 0 spiro atoms. The number of anilines is 1. The average Bonchev–Trinajstić information content (AvgIpc) is 2.76. The van der Waals surface area contributed by atoms with Gasteiger partial charge in [0.2, 0.25) is 20.0 Å². The predicted molar refractivity (Wildman–Crippen MR) is 126 cm³/mol. The molecule has 0 saturated carbocycles. The number of carbonyl (C=O) groups excluding carboxylic acids is 1. The van der Waals surface area contributed by atoms with E-state index in [1.807, 2.05) is 0 Å². The molecule has 0 aliphatic carbocycles. The van der Waals surface area contributed by atoms with Crippen LogP contribution in [-0.4, -0.2) is 57.5 Å². The van der Waals surface area contributed by atoms with Gasteiger partial charge >= 0.3 is 0 Å². The molecule has 2 rings (SSSR count). The number of hydrogen-bond donors (Lipinski definition) is 1. The highest BCUT2D eigenvalue weighted by Gasteiger charge is 2.24. The molecule has 0 aliphatic rings. The van der Waals surface area contributed by atoms with Crippen LogP contribution in [0.15, 0.2) is 52.3 Å². The predicted octanol–water partition coefficient (Wildman–Crippen LogP) is 3.31. The molecule has 0 unspecified atom stereocenters. The van der Waals surface area contributed by atoms with Crippen molar-refractivity contribution < 1.29 is 21.6 Å². The lowest BCUT2D eigenvalue weighted by atomic mass is 10.1. The zero-order chi connectivity index (χ0) is 24.1. The number of hydrogen-bond acceptors (Lipinski definition) is 5. The second-order valence-corrected chi connectivity index (χ2v) is 11.0. The minimum atomic E-state index is -3.67. The van der Waals surface area contributed by atoms with E-state index < -0.39 is 26.0 Å². The van der Waals surface area contributed by atoms with Crippen LogP contribution in [0.25, 0.3) is 0 Å². The Morgan fingerprint density at radius 2 is 1.19 bits per heavy atom. The molecule has 32 heavy (non-hydrogen) atoms. The lowest BCUT2D eigenvalue weighted by Gasteiger charge is -2.19. The summed E-state index contributed by atoms with van der Waals surface area (Å²) in [6.45, 7) is 10.2. The van der Waals surface area contributed by atoms with Crippen LogP contribution in [0, 0.1) is 6.92 Å². The lowest BCUT2D eigenvalue weighted by molar-refractivity contribution is 0.102. The zero-order valence-electron chi connectivity index (χ0n) is 19.1. The molecule has 0 aliphatic heterocycles. The van der Waals surface area contributed by atoms with Crippen molar-refractivity contribution in [1.82, 2.24) is 8.61 Å². The van der Waals surface area contributed by atoms with Crippen LogP contribution in [0.4, 0.5) is 5.69 Å². The molecule has 0 saturated heterocycles. The Kier molecular flexibility index (Phi) is 8.58. The van der Waals surface area contributed by atoms with Gasteiger partial charge in [-0.25, -0.2) is 16.8 Å². The Morgan fingerprint density at radius 3 is 1.66 bits per heavy atom. The van der Waals surface area contributed by atoms with Crippen molar-refractivity contribution >= 4 is 31.6 Å². The standard InChI is InChI=1S/C22H31N3O5S2/c1-6-24(7-2)31(27,28)19-14-11-18(12-15-19)22(26)23-21-16-20(13-10-17(21)5)32(29,30)25(8-3)9-4/h10-16H,6-9H2,1-5H3,(H,23,26). The first-order valence-corrected chi connectivity index (χ1v) is 13.4. The van der Waals surface area contributed by atoms with Crippen molar-refractivity contribution in [1.29, 1.82) is 0 Å². The fraction of sp³-hybridized carbons (Fsp3) is 0.409. The van der Waals surface area contributed by atoms with Gasteiger partial charge in [-0.05, 0) is 48.9 Å². The Bertz CT molecular complexity index is 1150. The number of nitrogens with one attached hydrogen (secondary N) is 1. The maximum absolute atomic E-state index is 12.8. The second kappa shape index (κ2) is 10.6. The molecule has 10 heteroatoms. The van der Waals surface area contributed by atoms with E-state index in [1.165, 1.54) is 45.0 Å². The van der Waals surface area contributed by atoms with Crippen LogP contribution in [0.5, 0.6) is 0 Å². The fourth-order valence-corrected chi connectivity index (χ4v) is 6.24. The number of nitrogens with zero attached hydrogens (tertiary/aromatic N) is 2. The van der Waals surface area contributed by atoms with E-state index >= 15 is 0 Å².